The third-order valence-electron chi connectivity index (χ3n) is 2.67. The third kappa shape index (κ3) is 2.71. The van der Waals surface area contributed by atoms with Gasteiger partial charge >= 0.3 is 0 Å². The number of hydrogen-bond donors (Lipinski definition) is 1. The summed E-state index contributed by atoms with van der Waals surface area (Å²) in [5.74, 6) is 0. The van der Waals surface area contributed by atoms with Crippen LogP contribution in [0.3, 0.4) is 0 Å². The second-order valence-electron chi connectivity index (χ2n) is 4.89. The molecule has 1 atom stereocenters. The topological polar surface area (TPSA) is 24.9 Å². The predicted molar refractivity (Wildman–Crippen MR) is 64.1 cm³/mol. The Labute approximate surface area is 90.8 Å². The van der Waals surface area contributed by atoms with E-state index >= 15 is 0 Å². The van der Waals surface area contributed by atoms with Gasteiger partial charge in [-0.2, -0.15) is 0 Å². The van der Waals surface area contributed by atoms with E-state index in [1.54, 1.807) is 11.3 Å². The van der Waals surface area contributed by atoms with Gasteiger partial charge in [-0.3, -0.25) is 0 Å². The fourth-order valence-electron chi connectivity index (χ4n) is 0.936. The lowest BCUT2D eigenvalue weighted by molar-refractivity contribution is 0.359. The molecule has 0 aromatic carbocycles. The van der Waals surface area contributed by atoms with Crippen LogP contribution >= 0.6 is 11.3 Å². The number of anilines is 1. The molecule has 3 heteroatoms. The number of hydrogen-bond acceptors (Lipinski definition) is 3. The summed E-state index contributed by atoms with van der Waals surface area (Å²) in [6.07, 6.45) is 0. The normalized spacial score (nSPS) is 14.1. The summed E-state index contributed by atoms with van der Waals surface area (Å²) in [6.45, 7) is 13.1. The van der Waals surface area contributed by atoms with Gasteiger partial charge in [-0.1, -0.05) is 20.8 Å². The summed E-state index contributed by atoms with van der Waals surface area (Å²) in [7, 11) is 0. The highest BCUT2D eigenvalue weighted by atomic mass is 32.1. The maximum absolute atomic E-state index is 4.47. The van der Waals surface area contributed by atoms with Crippen LogP contribution in [0.15, 0.2) is 0 Å². The maximum atomic E-state index is 4.47. The monoisotopic (exact) mass is 212 g/mol. The Morgan fingerprint density at radius 3 is 2.21 bits per heavy atom. The highest BCUT2D eigenvalue weighted by Crippen LogP contribution is 2.26. The highest BCUT2D eigenvalue weighted by molar-refractivity contribution is 7.15. The Morgan fingerprint density at radius 1 is 1.29 bits per heavy atom. The van der Waals surface area contributed by atoms with Crippen LogP contribution in [-0.2, 0) is 0 Å². The first-order chi connectivity index (χ1) is 6.30. The molecule has 0 aliphatic carbocycles. The Morgan fingerprint density at radius 2 is 1.86 bits per heavy atom. The second-order valence-corrected chi connectivity index (χ2v) is 6.10. The van der Waals surface area contributed by atoms with Crippen molar-refractivity contribution in [1.29, 1.82) is 0 Å². The highest BCUT2D eigenvalue weighted by Gasteiger charge is 2.20. The van der Waals surface area contributed by atoms with Gasteiger partial charge in [-0.25, -0.2) is 4.98 Å². The summed E-state index contributed by atoms with van der Waals surface area (Å²) in [6, 6.07) is 0.437. The largest absolute Gasteiger partial charge is 0.359 e. The summed E-state index contributed by atoms with van der Waals surface area (Å²) in [4.78, 5) is 5.77. The molecule has 0 bridgehead atoms. The minimum Gasteiger partial charge on any atom is -0.359 e. The van der Waals surface area contributed by atoms with Crippen LogP contribution in [0.25, 0.3) is 0 Å². The van der Waals surface area contributed by atoms with Gasteiger partial charge in [0.05, 0.1) is 5.69 Å². The van der Waals surface area contributed by atoms with Crippen molar-refractivity contribution in [2.24, 2.45) is 5.41 Å². The Bertz CT molecular complexity index is 290. The molecular weight excluding hydrogens is 192 g/mol. The van der Waals surface area contributed by atoms with Crippen LogP contribution in [-0.4, -0.2) is 11.0 Å². The van der Waals surface area contributed by atoms with Gasteiger partial charge in [0.15, 0.2) is 5.13 Å². The molecule has 1 aromatic heterocycles. The fraction of sp³-hybridized carbons (Fsp3) is 0.727. The van der Waals surface area contributed by atoms with E-state index in [2.05, 4.69) is 51.8 Å². The Balaban J connectivity index is 2.70. The first kappa shape index (κ1) is 11.5. The van der Waals surface area contributed by atoms with E-state index in [1.165, 1.54) is 4.88 Å². The molecule has 0 amide bonds. The van der Waals surface area contributed by atoms with Crippen LogP contribution in [0.2, 0.25) is 0 Å². The number of aryl methyl sites for hydroxylation is 2. The number of aromatic nitrogens is 1. The minimum absolute atomic E-state index is 0.271. The van der Waals surface area contributed by atoms with Crippen molar-refractivity contribution < 1.29 is 0 Å². The lowest BCUT2D eigenvalue weighted by Crippen LogP contribution is -2.30. The van der Waals surface area contributed by atoms with Crippen molar-refractivity contribution in [3.63, 3.8) is 0 Å². The van der Waals surface area contributed by atoms with Gasteiger partial charge in [0.1, 0.15) is 0 Å². The van der Waals surface area contributed by atoms with Gasteiger partial charge < -0.3 is 5.32 Å². The molecule has 14 heavy (non-hydrogen) atoms. The Kier molecular flexibility index (Phi) is 3.20. The summed E-state index contributed by atoms with van der Waals surface area (Å²) < 4.78 is 0. The molecular formula is C11H20N2S. The van der Waals surface area contributed by atoms with Gasteiger partial charge in [0, 0.05) is 10.9 Å². The number of rotatable bonds is 2. The minimum atomic E-state index is 0.271. The molecule has 0 spiro atoms. The first-order valence-electron chi connectivity index (χ1n) is 5.01. The van der Waals surface area contributed by atoms with Crippen molar-refractivity contribution in [3.05, 3.63) is 10.6 Å². The van der Waals surface area contributed by atoms with Crippen LogP contribution in [0, 0.1) is 19.3 Å². The third-order valence-corrected chi connectivity index (χ3v) is 3.67. The number of nitrogens with zero attached hydrogens (tertiary/aromatic N) is 1. The standard InChI is InChI=1S/C11H20N2S/c1-7-8(2)14-10(12-7)13-9(3)11(4,5)6/h9H,1-6H3,(H,12,13). The lowest BCUT2D eigenvalue weighted by atomic mass is 9.88. The zero-order chi connectivity index (χ0) is 10.9. The summed E-state index contributed by atoms with van der Waals surface area (Å²) in [5.41, 5.74) is 1.41. The molecule has 0 aliphatic heterocycles. The van der Waals surface area contributed by atoms with Crippen molar-refractivity contribution in [3.8, 4) is 0 Å². The lowest BCUT2D eigenvalue weighted by Gasteiger charge is -2.27. The van der Waals surface area contributed by atoms with Crippen LogP contribution in [0.1, 0.15) is 38.3 Å². The van der Waals surface area contributed by atoms with E-state index in [0.717, 1.165) is 10.8 Å². The molecule has 1 rings (SSSR count). The van der Waals surface area contributed by atoms with Gasteiger partial charge in [0.2, 0.25) is 0 Å². The van der Waals surface area contributed by atoms with Crippen LogP contribution in [0.4, 0.5) is 5.13 Å². The molecule has 0 saturated carbocycles. The number of thiazole rings is 1. The molecule has 0 radical (unpaired) electrons. The molecule has 1 unspecified atom stereocenters. The zero-order valence-corrected chi connectivity index (χ0v) is 10.7. The van der Waals surface area contributed by atoms with Crippen molar-refractivity contribution in [2.45, 2.75) is 47.6 Å². The molecule has 0 saturated heterocycles. The fourth-order valence-corrected chi connectivity index (χ4v) is 1.84. The van der Waals surface area contributed by atoms with Crippen LogP contribution in [0.5, 0.6) is 0 Å². The van der Waals surface area contributed by atoms with E-state index in [4.69, 9.17) is 0 Å². The van der Waals surface area contributed by atoms with Gasteiger partial charge in [0.25, 0.3) is 0 Å². The maximum Gasteiger partial charge on any atom is 0.183 e. The molecule has 2 nitrogen and oxygen atoms in total. The van der Waals surface area contributed by atoms with Crippen molar-refractivity contribution in [1.82, 2.24) is 4.98 Å². The van der Waals surface area contributed by atoms with Gasteiger partial charge in [-0.15, -0.1) is 11.3 Å². The molecule has 80 valence electrons. The first-order valence-corrected chi connectivity index (χ1v) is 5.83. The molecule has 0 fully saturated rings. The average Bonchev–Trinajstić information content (AvgIpc) is 2.29. The van der Waals surface area contributed by atoms with E-state index in [9.17, 15) is 0 Å². The summed E-state index contributed by atoms with van der Waals surface area (Å²) in [5, 5.41) is 4.49. The second kappa shape index (κ2) is 3.89. The smallest absolute Gasteiger partial charge is 0.183 e. The molecule has 1 N–H and O–H groups in total. The van der Waals surface area contributed by atoms with Crippen LogP contribution < -0.4 is 5.32 Å². The average molecular weight is 212 g/mol. The van der Waals surface area contributed by atoms with Crippen molar-refractivity contribution >= 4 is 16.5 Å². The molecule has 0 aliphatic rings. The van der Waals surface area contributed by atoms with E-state index in [0.29, 0.717) is 6.04 Å². The molecule has 1 heterocycles. The summed E-state index contributed by atoms with van der Waals surface area (Å²) >= 11 is 1.74. The quantitative estimate of drug-likeness (QED) is 0.810. The zero-order valence-electron chi connectivity index (χ0n) is 9.93. The van der Waals surface area contributed by atoms with E-state index < -0.39 is 0 Å². The molecule has 1 aromatic rings. The van der Waals surface area contributed by atoms with E-state index in [-0.39, 0.29) is 5.41 Å². The number of nitrogens with one attached hydrogen (secondary N) is 1. The van der Waals surface area contributed by atoms with Crippen molar-refractivity contribution in [2.75, 3.05) is 5.32 Å². The SMILES string of the molecule is Cc1nc(NC(C)C(C)(C)C)sc1C. The van der Waals surface area contributed by atoms with Gasteiger partial charge in [-0.05, 0) is 26.2 Å². The van der Waals surface area contributed by atoms with E-state index in [1.807, 2.05) is 0 Å². The predicted octanol–water partition coefficient (Wildman–Crippen LogP) is 3.61. The Hall–Kier alpha value is -0.570.